The van der Waals surface area contributed by atoms with Gasteiger partial charge in [-0.15, -0.1) is 0 Å². The summed E-state index contributed by atoms with van der Waals surface area (Å²) in [5, 5.41) is 2.94. The van der Waals surface area contributed by atoms with Crippen LogP contribution in [0, 0.1) is 6.92 Å². The molecule has 0 aliphatic rings. The van der Waals surface area contributed by atoms with Gasteiger partial charge in [0.2, 0.25) is 21.8 Å². The van der Waals surface area contributed by atoms with Gasteiger partial charge in [0.05, 0.1) is 11.9 Å². The molecule has 0 bridgehead atoms. The van der Waals surface area contributed by atoms with E-state index in [1.807, 2.05) is 68.4 Å². The van der Waals surface area contributed by atoms with Crippen LogP contribution in [0.4, 0.5) is 5.69 Å². The van der Waals surface area contributed by atoms with E-state index in [-0.39, 0.29) is 12.5 Å². The third-order valence-corrected chi connectivity index (χ3v) is 7.12. The summed E-state index contributed by atoms with van der Waals surface area (Å²) in [7, 11) is -3.76. The van der Waals surface area contributed by atoms with E-state index in [0.717, 1.165) is 33.7 Å². The van der Waals surface area contributed by atoms with E-state index >= 15 is 0 Å². The van der Waals surface area contributed by atoms with E-state index in [0.29, 0.717) is 18.7 Å². The Morgan fingerprint density at radius 3 is 2.11 bits per heavy atom. The lowest BCUT2D eigenvalue weighted by Gasteiger charge is -2.33. The molecule has 0 heterocycles. The van der Waals surface area contributed by atoms with Crippen molar-refractivity contribution in [1.82, 2.24) is 10.2 Å². The SMILES string of the molecule is CCCNC(=O)[C@H](Cc1ccccc1)N(Cc1cccc(C)c1)C(=O)CN(c1ccccc1)S(C)(=O)=O. The molecule has 0 aromatic heterocycles. The second kappa shape index (κ2) is 13.1. The second-order valence-electron chi connectivity index (χ2n) is 9.11. The molecule has 3 rings (SSSR count). The fourth-order valence-electron chi connectivity index (χ4n) is 4.14. The summed E-state index contributed by atoms with van der Waals surface area (Å²) in [4.78, 5) is 28.8. The highest BCUT2D eigenvalue weighted by molar-refractivity contribution is 7.92. The predicted molar refractivity (Wildman–Crippen MR) is 148 cm³/mol. The van der Waals surface area contributed by atoms with Crippen LogP contribution in [0.15, 0.2) is 84.9 Å². The number of nitrogens with zero attached hydrogens (tertiary/aromatic N) is 2. The van der Waals surface area contributed by atoms with Gasteiger partial charge >= 0.3 is 0 Å². The van der Waals surface area contributed by atoms with Gasteiger partial charge in [0.25, 0.3) is 0 Å². The average molecular weight is 522 g/mol. The number of rotatable bonds is 12. The van der Waals surface area contributed by atoms with Gasteiger partial charge in [-0.2, -0.15) is 0 Å². The number of carbonyl (C=O) groups is 2. The van der Waals surface area contributed by atoms with E-state index in [1.165, 1.54) is 4.90 Å². The highest BCUT2D eigenvalue weighted by Crippen LogP contribution is 2.20. The monoisotopic (exact) mass is 521 g/mol. The second-order valence-corrected chi connectivity index (χ2v) is 11.0. The molecule has 0 aliphatic heterocycles. The smallest absolute Gasteiger partial charge is 0.244 e. The molecule has 196 valence electrons. The number of amides is 2. The Labute approximate surface area is 220 Å². The highest BCUT2D eigenvalue weighted by Gasteiger charge is 2.32. The number of carbonyl (C=O) groups excluding carboxylic acids is 2. The molecule has 8 heteroatoms. The minimum atomic E-state index is -3.76. The van der Waals surface area contributed by atoms with Crippen molar-refractivity contribution in [2.75, 3.05) is 23.7 Å². The number of nitrogens with one attached hydrogen (secondary N) is 1. The fourth-order valence-corrected chi connectivity index (χ4v) is 4.98. The minimum absolute atomic E-state index is 0.171. The van der Waals surface area contributed by atoms with Gasteiger partial charge in [-0.25, -0.2) is 8.42 Å². The summed E-state index contributed by atoms with van der Waals surface area (Å²) in [5.41, 5.74) is 3.19. The van der Waals surface area contributed by atoms with Crippen molar-refractivity contribution in [3.05, 3.63) is 102 Å². The Balaban J connectivity index is 2.02. The van der Waals surface area contributed by atoms with E-state index in [2.05, 4.69) is 5.32 Å². The molecule has 0 saturated carbocycles. The summed E-state index contributed by atoms with van der Waals surface area (Å²) in [5.74, 6) is -0.722. The van der Waals surface area contributed by atoms with Crippen LogP contribution in [0.3, 0.4) is 0 Å². The number of benzene rings is 3. The summed E-state index contributed by atoms with van der Waals surface area (Å²) in [6.45, 7) is 4.17. The molecular weight excluding hydrogens is 486 g/mol. The molecule has 0 aliphatic carbocycles. The maximum absolute atomic E-state index is 13.9. The lowest BCUT2D eigenvalue weighted by atomic mass is 10.0. The van der Waals surface area contributed by atoms with Crippen LogP contribution in [-0.2, 0) is 32.6 Å². The Morgan fingerprint density at radius 2 is 1.51 bits per heavy atom. The fraction of sp³-hybridized carbons (Fsp3) is 0.310. The lowest BCUT2D eigenvalue weighted by molar-refractivity contribution is -0.140. The zero-order valence-electron chi connectivity index (χ0n) is 21.6. The van der Waals surface area contributed by atoms with Gasteiger partial charge in [-0.3, -0.25) is 13.9 Å². The Bertz CT molecular complexity index is 1280. The topological polar surface area (TPSA) is 86.8 Å². The first-order chi connectivity index (χ1) is 17.7. The van der Waals surface area contributed by atoms with Crippen molar-refractivity contribution in [2.45, 2.75) is 39.3 Å². The lowest BCUT2D eigenvalue weighted by Crippen LogP contribution is -2.53. The van der Waals surface area contributed by atoms with Crippen LogP contribution in [0.1, 0.15) is 30.0 Å². The van der Waals surface area contributed by atoms with Crippen LogP contribution in [0.2, 0.25) is 0 Å². The molecule has 2 amide bonds. The maximum Gasteiger partial charge on any atom is 0.244 e. The van der Waals surface area contributed by atoms with Crippen molar-refractivity contribution in [2.24, 2.45) is 0 Å². The van der Waals surface area contributed by atoms with Gasteiger partial charge in [0.1, 0.15) is 12.6 Å². The van der Waals surface area contributed by atoms with E-state index in [1.54, 1.807) is 30.3 Å². The first-order valence-corrected chi connectivity index (χ1v) is 14.2. The largest absolute Gasteiger partial charge is 0.354 e. The van der Waals surface area contributed by atoms with E-state index in [9.17, 15) is 18.0 Å². The van der Waals surface area contributed by atoms with Gasteiger partial charge in [0.15, 0.2) is 0 Å². The zero-order valence-corrected chi connectivity index (χ0v) is 22.4. The minimum Gasteiger partial charge on any atom is -0.354 e. The van der Waals surface area contributed by atoms with Crippen molar-refractivity contribution in [1.29, 1.82) is 0 Å². The average Bonchev–Trinajstić information content (AvgIpc) is 2.88. The molecule has 0 saturated heterocycles. The number of hydrogen-bond acceptors (Lipinski definition) is 4. The number of anilines is 1. The highest BCUT2D eigenvalue weighted by atomic mass is 32.2. The molecular formula is C29H35N3O4S. The molecule has 0 fully saturated rings. The van der Waals surface area contributed by atoms with Gasteiger partial charge in [-0.05, 0) is 36.6 Å². The normalized spacial score (nSPS) is 12.0. The Morgan fingerprint density at radius 1 is 0.892 bits per heavy atom. The van der Waals surface area contributed by atoms with Gasteiger partial charge in [-0.1, -0.05) is 85.3 Å². The summed E-state index contributed by atoms with van der Waals surface area (Å²) in [6, 6.07) is 25.0. The zero-order chi connectivity index (χ0) is 26.8. The third-order valence-electron chi connectivity index (χ3n) is 5.98. The number of hydrogen-bond donors (Lipinski definition) is 1. The van der Waals surface area contributed by atoms with Crippen LogP contribution >= 0.6 is 0 Å². The standard InChI is InChI=1S/C29H35N3O4S/c1-4-18-30-29(34)27(20-24-13-7-5-8-14-24)31(21-25-15-11-12-23(2)19-25)28(33)22-32(37(3,35)36)26-16-9-6-10-17-26/h5-17,19,27H,4,18,20-22H2,1-3H3,(H,30,34)/t27-/m0/s1. The van der Waals surface area contributed by atoms with Crippen LogP contribution in [0.5, 0.6) is 0 Å². The Hall–Kier alpha value is -3.65. The van der Waals surface area contributed by atoms with Crippen LogP contribution in [-0.4, -0.2) is 50.5 Å². The first-order valence-electron chi connectivity index (χ1n) is 12.4. The Kier molecular flexibility index (Phi) is 9.85. The molecule has 0 unspecified atom stereocenters. The predicted octanol–water partition coefficient (Wildman–Crippen LogP) is 3.93. The van der Waals surface area contributed by atoms with Crippen molar-refractivity contribution < 1.29 is 18.0 Å². The van der Waals surface area contributed by atoms with E-state index < -0.39 is 28.5 Å². The quantitative estimate of drug-likeness (QED) is 0.391. The molecule has 3 aromatic rings. The van der Waals surface area contributed by atoms with Gasteiger partial charge < -0.3 is 10.2 Å². The summed E-state index contributed by atoms with van der Waals surface area (Å²) >= 11 is 0. The van der Waals surface area contributed by atoms with Crippen molar-refractivity contribution in [3.63, 3.8) is 0 Å². The molecule has 7 nitrogen and oxygen atoms in total. The number of sulfonamides is 1. The maximum atomic E-state index is 13.9. The molecule has 3 aromatic carbocycles. The number of aryl methyl sites for hydroxylation is 1. The van der Waals surface area contributed by atoms with Crippen LogP contribution in [0.25, 0.3) is 0 Å². The molecule has 1 N–H and O–H groups in total. The molecule has 1 atom stereocenters. The van der Waals surface area contributed by atoms with E-state index in [4.69, 9.17) is 0 Å². The number of para-hydroxylation sites is 1. The first kappa shape index (κ1) is 27.9. The molecule has 0 radical (unpaired) electrons. The summed E-state index contributed by atoms with van der Waals surface area (Å²) < 4.78 is 26.5. The van der Waals surface area contributed by atoms with Crippen molar-refractivity contribution >= 4 is 27.5 Å². The van der Waals surface area contributed by atoms with Crippen LogP contribution < -0.4 is 9.62 Å². The third kappa shape index (κ3) is 8.18. The molecule has 0 spiro atoms. The van der Waals surface area contributed by atoms with Crippen molar-refractivity contribution in [3.8, 4) is 0 Å². The molecule has 37 heavy (non-hydrogen) atoms. The van der Waals surface area contributed by atoms with Gasteiger partial charge in [0, 0.05) is 19.5 Å². The summed E-state index contributed by atoms with van der Waals surface area (Å²) in [6.07, 6.45) is 2.14.